The van der Waals surface area contributed by atoms with Crippen LogP contribution < -0.4 is 5.73 Å². The first-order valence-electron chi connectivity index (χ1n) is 5.98. The SMILES string of the molecule is Cc1cc(C#N)ccc1COC(=O)c1ccc(N)cn1. The molecule has 0 amide bonds. The lowest BCUT2D eigenvalue weighted by Crippen LogP contribution is -2.08. The summed E-state index contributed by atoms with van der Waals surface area (Å²) in [5, 5.41) is 8.79. The fourth-order valence-electron chi connectivity index (χ4n) is 1.67. The number of carbonyl (C=O) groups excluding carboxylic acids is 1. The number of nitriles is 1. The molecule has 2 aromatic rings. The maximum absolute atomic E-state index is 11.8. The Morgan fingerprint density at radius 3 is 2.80 bits per heavy atom. The molecule has 1 heterocycles. The van der Waals surface area contributed by atoms with Crippen LogP contribution in [0.2, 0.25) is 0 Å². The molecule has 0 bridgehead atoms. The first-order chi connectivity index (χ1) is 9.60. The number of nitrogens with zero attached hydrogens (tertiary/aromatic N) is 2. The molecule has 2 N–H and O–H groups in total. The van der Waals surface area contributed by atoms with E-state index in [0.717, 1.165) is 11.1 Å². The number of aryl methyl sites for hydroxylation is 1. The summed E-state index contributed by atoms with van der Waals surface area (Å²) in [4.78, 5) is 15.7. The van der Waals surface area contributed by atoms with Gasteiger partial charge in [-0.05, 0) is 42.3 Å². The van der Waals surface area contributed by atoms with Crippen molar-refractivity contribution < 1.29 is 9.53 Å². The zero-order chi connectivity index (χ0) is 14.5. The molecule has 5 nitrogen and oxygen atoms in total. The number of nitrogens with two attached hydrogens (primary N) is 1. The van der Waals surface area contributed by atoms with Crippen molar-refractivity contribution in [3.05, 3.63) is 58.9 Å². The fraction of sp³-hybridized carbons (Fsp3) is 0.133. The molecular weight excluding hydrogens is 254 g/mol. The standard InChI is InChI=1S/C15H13N3O2/c1-10-6-11(7-16)2-3-12(10)9-20-15(19)14-5-4-13(17)8-18-14/h2-6,8H,9,17H2,1H3. The van der Waals surface area contributed by atoms with E-state index < -0.39 is 5.97 Å². The number of carbonyl (C=O) groups is 1. The molecule has 0 unspecified atom stereocenters. The third kappa shape index (κ3) is 3.12. The van der Waals surface area contributed by atoms with Gasteiger partial charge in [-0.2, -0.15) is 5.26 Å². The number of hydrogen-bond acceptors (Lipinski definition) is 5. The van der Waals surface area contributed by atoms with Gasteiger partial charge in [-0.3, -0.25) is 0 Å². The molecular formula is C15H13N3O2. The topological polar surface area (TPSA) is 89.0 Å². The Hall–Kier alpha value is -2.87. The normalized spacial score (nSPS) is 9.80. The zero-order valence-electron chi connectivity index (χ0n) is 11.0. The Bertz CT molecular complexity index is 673. The van der Waals surface area contributed by atoms with E-state index in [4.69, 9.17) is 15.7 Å². The lowest BCUT2D eigenvalue weighted by molar-refractivity contribution is 0.0465. The van der Waals surface area contributed by atoms with Gasteiger partial charge in [0.1, 0.15) is 12.3 Å². The lowest BCUT2D eigenvalue weighted by Gasteiger charge is -2.07. The van der Waals surface area contributed by atoms with Gasteiger partial charge in [0.05, 0.1) is 23.5 Å². The highest BCUT2D eigenvalue weighted by molar-refractivity contribution is 5.87. The summed E-state index contributed by atoms with van der Waals surface area (Å²) in [6.45, 7) is 2.01. The highest BCUT2D eigenvalue weighted by atomic mass is 16.5. The second-order valence-electron chi connectivity index (χ2n) is 4.31. The number of ether oxygens (including phenoxy) is 1. The van der Waals surface area contributed by atoms with Crippen molar-refractivity contribution in [3.63, 3.8) is 0 Å². The molecule has 2 rings (SSSR count). The maximum Gasteiger partial charge on any atom is 0.357 e. The maximum atomic E-state index is 11.8. The number of aromatic nitrogens is 1. The summed E-state index contributed by atoms with van der Waals surface area (Å²) < 4.78 is 5.18. The van der Waals surface area contributed by atoms with E-state index in [9.17, 15) is 4.79 Å². The summed E-state index contributed by atoms with van der Waals surface area (Å²) in [7, 11) is 0. The van der Waals surface area contributed by atoms with Crippen LogP contribution in [-0.2, 0) is 11.3 Å². The van der Waals surface area contributed by atoms with E-state index in [2.05, 4.69) is 11.1 Å². The van der Waals surface area contributed by atoms with E-state index in [1.165, 1.54) is 12.3 Å². The summed E-state index contributed by atoms with van der Waals surface area (Å²) in [6, 6.07) is 10.4. The van der Waals surface area contributed by atoms with Crippen molar-refractivity contribution in [1.29, 1.82) is 5.26 Å². The number of hydrogen-bond donors (Lipinski definition) is 1. The Morgan fingerprint density at radius 2 is 2.20 bits per heavy atom. The Balaban J connectivity index is 2.04. The molecule has 0 spiro atoms. The highest BCUT2D eigenvalue weighted by Crippen LogP contribution is 2.13. The molecule has 0 aliphatic heterocycles. The van der Waals surface area contributed by atoms with E-state index in [1.807, 2.05) is 6.92 Å². The van der Waals surface area contributed by atoms with Gasteiger partial charge in [-0.15, -0.1) is 0 Å². The predicted molar refractivity (Wildman–Crippen MR) is 73.7 cm³/mol. The van der Waals surface area contributed by atoms with Crippen LogP contribution in [0.1, 0.15) is 27.2 Å². The van der Waals surface area contributed by atoms with E-state index >= 15 is 0 Å². The number of pyridine rings is 1. The molecule has 0 aliphatic carbocycles. The van der Waals surface area contributed by atoms with Crippen LogP contribution in [0, 0.1) is 18.3 Å². The minimum atomic E-state index is -0.506. The second kappa shape index (κ2) is 5.85. The molecule has 1 aromatic heterocycles. The number of nitrogen functional groups attached to an aromatic ring is 1. The van der Waals surface area contributed by atoms with Crippen LogP contribution in [0.4, 0.5) is 5.69 Å². The van der Waals surface area contributed by atoms with Crippen LogP contribution in [0.15, 0.2) is 36.5 Å². The quantitative estimate of drug-likeness (QED) is 0.861. The first-order valence-corrected chi connectivity index (χ1v) is 5.98. The molecule has 5 heteroatoms. The number of esters is 1. The molecule has 20 heavy (non-hydrogen) atoms. The third-order valence-electron chi connectivity index (χ3n) is 2.83. The highest BCUT2D eigenvalue weighted by Gasteiger charge is 2.09. The molecule has 0 saturated heterocycles. The molecule has 1 aromatic carbocycles. The third-order valence-corrected chi connectivity index (χ3v) is 2.83. The average Bonchev–Trinajstić information content (AvgIpc) is 2.46. The number of benzene rings is 1. The zero-order valence-corrected chi connectivity index (χ0v) is 11.0. The van der Waals surface area contributed by atoms with Gasteiger partial charge >= 0.3 is 5.97 Å². The molecule has 0 saturated carbocycles. The van der Waals surface area contributed by atoms with E-state index in [-0.39, 0.29) is 12.3 Å². The monoisotopic (exact) mass is 267 g/mol. The Kier molecular flexibility index (Phi) is 3.96. The smallest absolute Gasteiger partial charge is 0.357 e. The Labute approximate surface area is 116 Å². The number of rotatable bonds is 3. The van der Waals surface area contributed by atoms with Crippen molar-refractivity contribution in [2.45, 2.75) is 13.5 Å². The summed E-state index contributed by atoms with van der Waals surface area (Å²) >= 11 is 0. The van der Waals surface area contributed by atoms with Crippen LogP contribution in [0.25, 0.3) is 0 Å². The molecule has 0 aliphatic rings. The van der Waals surface area contributed by atoms with E-state index in [0.29, 0.717) is 11.3 Å². The van der Waals surface area contributed by atoms with Gasteiger partial charge in [-0.1, -0.05) is 6.07 Å². The summed E-state index contributed by atoms with van der Waals surface area (Å²) in [5.74, 6) is -0.506. The molecule has 0 atom stereocenters. The van der Waals surface area contributed by atoms with Crippen molar-refractivity contribution in [1.82, 2.24) is 4.98 Å². The van der Waals surface area contributed by atoms with Gasteiger partial charge in [0.2, 0.25) is 0 Å². The van der Waals surface area contributed by atoms with Gasteiger partial charge in [0.25, 0.3) is 0 Å². The van der Waals surface area contributed by atoms with Crippen LogP contribution in [0.3, 0.4) is 0 Å². The molecule has 0 fully saturated rings. The van der Waals surface area contributed by atoms with Crippen molar-refractivity contribution in [2.24, 2.45) is 0 Å². The van der Waals surface area contributed by atoms with Gasteiger partial charge < -0.3 is 10.5 Å². The molecule has 100 valence electrons. The summed E-state index contributed by atoms with van der Waals surface area (Å²) in [6.07, 6.45) is 1.41. The largest absolute Gasteiger partial charge is 0.456 e. The minimum absolute atomic E-state index is 0.141. The van der Waals surface area contributed by atoms with Gasteiger partial charge in [0.15, 0.2) is 0 Å². The fourth-order valence-corrected chi connectivity index (χ4v) is 1.67. The number of anilines is 1. The second-order valence-corrected chi connectivity index (χ2v) is 4.31. The van der Waals surface area contributed by atoms with Crippen LogP contribution >= 0.6 is 0 Å². The first kappa shape index (κ1) is 13.6. The predicted octanol–water partition coefficient (Wildman–Crippen LogP) is 2.20. The lowest BCUT2D eigenvalue weighted by atomic mass is 10.1. The van der Waals surface area contributed by atoms with Gasteiger partial charge in [-0.25, -0.2) is 9.78 Å². The van der Waals surface area contributed by atoms with Crippen molar-refractivity contribution in [2.75, 3.05) is 5.73 Å². The van der Waals surface area contributed by atoms with Crippen LogP contribution in [-0.4, -0.2) is 11.0 Å². The average molecular weight is 267 g/mol. The minimum Gasteiger partial charge on any atom is -0.456 e. The van der Waals surface area contributed by atoms with Crippen molar-refractivity contribution in [3.8, 4) is 6.07 Å². The summed E-state index contributed by atoms with van der Waals surface area (Å²) in [5.41, 5.74) is 8.54. The van der Waals surface area contributed by atoms with E-state index in [1.54, 1.807) is 24.3 Å². The molecule has 0 radical (unpaired) electrons. The Morgan fingerprint density at radius 1 is 1.40 bits per heavy atom. The van der Waals surface area contributed by atoms with Crippen LogP contribution in [0.5, 0.6) is 0 Å². The van der Waals surface area contributed by atoms with Crippen molar-refractivity contribution >= 4 is 11.7 Å². The van der Waals surface area contributed by atoms with Gasteiger partial charge in [0, 0.05) is 0 Å².